The zero-order valence-corrected chi connectivity index (χ0v) is 19.4. The van der Waals surface area contributed by atoms with Gasteiger partial charge in [-0.05, 0) is 30.0 Å². The number of benzene rings is 1. The summed E-state index contributed by atoms with van der Waals surface area (Å²) in [6.45, 7) is 8.97. The largest absolute Gasteiger partial charge is 0.497 e. The Bertz CT molecular complexity index is 760. The predicted molar refractivity (Wildman–Crippen MR) is 127 cm³/mol. The van der Waals surface area contributed by atoms with Crippen molar-refractivity contribution in [3.05, 3.63) is 29.8 Å². The molecule has 0 radical (unpaired) electrons. The minimum absolute atomic E-state index is 0.493. The van der Waals surface area contributed by atoms with Gasteiger partial charge in [0.15, 0.2) is 0 Å². The van der Waals surface area contributed by atoms with E-state index in [2.05, 4.69) is 44.7 Å². The lowest BCUT2D eigenvalue weighted by Crippen LogP contribution is -2.17. The molecule has 0 spiro atoms. The molecule has 1 heterocycles. The molecular formula is C22H37N7O3. The van der Waals surface area contributed by atoms with Crippen molar-refractivity contribution in [1.82, 2.24) is 15.0 Å². The highest BCUT2D eigenvalue weighted by atomic mass is 16.5. The molecule has 10 heteroatoms. The van der Waals surface area contributed by atoms with E-state index in [1.165, 1.54) is 0 Å². The number of anilines is 3. The van der Waals surface area contributed by atoms with E-state index in [9.17, 15) is 0 Å². The van der Waals surface area contributed by atoms with Gasteiger partial charge in [-0.3, -0.25) is 0 Å². The number of methoxy groups -OCH3 is 1. The zero-order valence-electron chi connectivity index (χ0n) is 19.4. The van der Waals surface area contributed by atoms with E-state index in [4.69, 9.17) is 19.9 Å². The number of rotatable bonds is 17. The summed E-state index contributed by atoms with van der Waals surface area (Å²) in [4.78, 5) is 13.4. The van der Waals surface area contributed by atoms with Crippen molar-refractivity contribution in [2.45, 2.75) is 26.8 Å². The number of nitrogens with two attached hydrogens (primary N) is 1. The van der Waals surface area contributed by atoms with Gasteiger partial charge in [0.05, 0.1) is 33.5 Å². The van der Waals surface area contributed by atoms with Gasteiger partial charge in [-0.15, -0.1) is 0 Å². The van der Waals surface area contributed by atoms with Crippen LogP contribution in [-0.4, -0.2) is 68.1 Å². The minimum Gasteiger partial charge on any atom is -0.497 e. The number of hydrogen-bond donors (Lipinski definition) is 4. The topological polar surface area (TPSA) is 128 Å². The van der Waals surface area contributed by atoms with Crippen molar-refractivity contribution in [2.24, 2.45) is 11.7 Å². The molecule has 0 bridgehead atoms. The van der Waals surface area contributed by atoms with Gasteiger partial charge in [0, 0.05) is 26.2 Å². The first kappa shape index (κ1) is 25.6. The normalized spacial score (nSPS) is 10.9. The molecule has 0 fully saturated rings. The molecule has 10 nitrogen and oxygen atoms in total. The van der Waals surface area contributed by atoms with Crippen LogP contribution in [0.2, 0.25) is 0 Å². The number of hydrogen-bond acceptors (Lipinski definition) is 10. The maximum Gasteiger partial charge on any atom is 0.229 e. The average Bonchev–Trinajstić information content (AvgIpc) is 2.79. The van der Waals surface area contributed by atoms with Crippen LogP contribution < -0.4 is 26.4 Å². The van der Waals surface area contributed by atoms with E-state index in [1.54, 1.807) is 7.11 Å². The average molecular weight is 448 g/mol. The quantitative estimate of drug-likeness (QED) is 0.268. The molecule has 0 amide bonds. The van der Waals surface area contributed by atoms with Crippen LogP contribution in [0.15, 0.2) is 24.3 Å². The summed E-state index contributed by atoms with van der Waals surface area (Å²) in [5.41, 5.74) is 6.48. The molecule has 0 aliphatic heterocycles. The highest BCUT2D eigenvalue weighted by molar-refractivity contribution is 5.42. The lowest BCUT2D eigenvalue weighted by molar-refractivity contribution is 0.0547. The summed E-state index contributed by atoms with van der Waals surface area (Å²) in [6.07, 6.45) is 1.03. The van der Waals surface area contributed by atoms with Crippen LogP contribution in [0.1, 0.15) is 25.8 Å². The van der Waals surface area contributed by atoms with Gasteiger partial charge >= 0.3 is 0 Å². The molecule has 0 aliphatic rings. The first-order chi connectivity index (χ1) is 15.6. The van der Waals surface area contributed by atoms with Crippen LogP contribution in [0.3, 0.4) is 0 Å². The van der Waals surface area contributed by atoms with Gasteiger partial charge in [-0.1, -0.05) is 26.0 Å². The van der Waals surface area contributed by atoms with Crippen molar-refractivity contribution in [3.8, 4) is 5.75 Å². The summed E-state index contributed by atoms with van der Waals surface area (Å²) in [5, 5.41) is 9.75. The van der Waals surface area contributed by atoms with Crippen LogP contribution in [0.4, 0.5) is 17.8 Å². The van der Waals surface area contributed by atoms with Crippen molar-refractivity contribution >= 4 is 17.8 Å². The van der Waals surface area contributed by atoms with E-state index < -0.39 is 0 Å². The summed E-state index contributed by atoms with van der Waals surface area (Å²) in [7, 11) is 1.65. The number of aromatic nitrogens is 3. The Labute approximate surface area is 190 Å². The second-order valence-electron chi connectivity index (χ2n) is 7.56. The molecule has 0 saturated heterocycles. The van der Waals surface area contributed by atoms with Gasteiger partial charge in [-0.25, -0.2) is 0 Å². The Hall–Kier alpha value is -2.69. The van der Waals surface area contributed by atoms with Gasteiger partial charge < -0.3 is 35.9 Å². The molecule has 0 atom stereocenters. The Balaban J connectivity index is 1.89. The molecule has 32 heavy (non-hydrogen) atoms. The van der Waals surface area contributed by atoms with E-state index >= 15 is 0 Å². The summed E-state index contributed by atoms with van der Waals surface area (Å²) in [6, 6.07) is 7.86. The zero-order chi connectivity index (χ0) is 23.0. The summed E-state index contributed by atoms with van der Waals surface area (Å²) in [5.74, 6) is 2.95. The summed E-state index contributed by atoms with van der Waals surface area (Å²) >= 11 is 0. The Morgan fingerprint density at radius 2 is 1.41 bits per heavy atom. The maximum absolute atomic E-state index is 5.54. The fourth-order valence-corrected chi connectivity index (χ4v) is 2.65. The number of nitrogens with zero attached hydrogens (tertiary/aromatic N) is 3. The molecule has 0 aliphatic carbocycles. The molecule has 2 aromatic rings. The molecule has 178 valence electrons. The van der Waals surface area contributed by atoms with Crippen molar-refractivity contribution in [2.75, 3.05) is 69.1 Å². The Morgan fingerprint density at radius 3 is 2.00 bits per heavy atom. The summed E-state index contributed by atoms with van der Waals surface area (Å²) < 4.78 is 16.0. The standard InChI is InChI=1S/C22H37N7O3/c1-17(2)8-10-24-20-27-21(25-11-13-32-15-14-31-12-9-23)29-22(28-20)26-16-18-4-6-19(30-3)7-5-18/h4-7,17H,8-16,23H2,1-3H3,(H3,24,25,26,27,28,29). The van der Waals surface area contributed by atoms with Crippen LogP contribution in [0, 0.1) is 5.92 Å². The lowest BCUT2D eigenvalue weighted by atomic mass is 10.1. The molecule has 2 rings (SSSR count). The van der Waals surface area contributed by atoms with E-state index in [0.717, 1.165) is 24.3 Å². The van der Waals surface area contributed by atoms with Gasteiger partial charge in [-0.2, -0.15) is 15.0 Å². The van der Waals surface area contributed by atoms with E-state index in [1.807, 2.05) is 24.3 Å². The van der Waals surface area contributed by atoms with Crippen molar-refractivity contribution < 1.29 is 14.2 Å². The monoisotopic (exact) mass is 447 g/mol. The van der Waals surface area contributed by atoms with Crippen LogP contribution in [0.5, 0.6) is 5.75 Å². The van der Waals surface area contributed by atoms with Crippen molar-refractivity contribution in [1.29, 1.82) is 0 Å². The fraction of sp³-hybridized carbons (Fsp3) is 0.591. The number of nitrogens with one attached hydrogen (secondary N) is 3. The molecule has 1 aromatic heterocycles. The van der Waals surface area contributed by atoms with Crippen molar-refractivity contribution in [3.63, 3.8) is 0 Å². The highest BCUT2D eigenvalue weighted by Crippen LogP contribution is 2.14. The molecule has 1 aromatic carbocycles. The van der Waals surface area contributed by atoms with Crippen LogP contribution >= 0.6 is 0 Å². The first-order valence-corrected chi connectivity index (χ1v) is 11.1. The second kappa shape index (κ2) is 15.2. The smallest absolute Gasteiger partial charge is 0.229 e. The second-order valence-corrected chi connectivity index (χ2v) is 7.56. The Kier molecular flexibility index (Phi) is 12.1. The van der Waals surface area contributed by atoms with E-state index in [-0.39, 0.29) is 0 Å². The van der Waals surface area contributed by atoms with Crippen LogP contribution in [0.25, 0.3) is 0 Å². The van der Waals surface area contributed by atoms with Gasteiger partial charge in [0.25, 0.3) is 0 Å². The third-order valence-corrected chi connectivity index (χ3v) is 4.41. The minimum atomic E-state index is 0.493. The number of ether oxygens (including phenoxy) is 3. The third kappa shape index (κ3) is 10.6. The fourth-order valence-electron chi connectivity index (χ4n) is 2.65. The molecule has 0 unspecified atom stereocenters. The lowest BCUT2D eigenvalue weighted by Gasteiger charge is -2.12. The highest BCUT2D eigenvalue weighted by Gasteiger charge is 2.07. The first-order valence-electron chi connectivity index (χ1n) is 11.1. The molecular weight excluding hydrogens is 410 g/mol. The predicted octanol–water partition coefficient (Wildman–Crippen LogP) is 2.35. The SMILES string of the molecule is COc1ccc(CNc2nc(NCCOCCOCCN)nc(NCCC(C)C)n2)cc1. The van der Waals surface area contributed by atoms with Gasteiger partial charge in [0.2, 0.25) is 17.8 Å². The van der Waals surface area contributed by atoms with E-state index in [0.29, 0.717) is 69.8 Å². The maximum atomic E-state index is 5.54. The van der Waals surface area contributed by atoms with Crippen LogP contribution in [-0.2, 0) is 16.0 Å². The molecule has 0 saturated carbocycles. The molecule has 5 N–H and O–H groups in total. The third-order valence-electron chi connectivity index (χ3n) is 4.41. The van der Waals surface area contributed by atoms with Gasteiger partial charge in [0.1, 0.15) is 5.75 Å². The Morgan fingerprint density at radius 1 is 0.812 bits per heavy atom.